The topological polar surface area (TPSA) is 110 Å². The van der Waals surface area contributed by atoms with E-state index in [0.29, 0.717) is 17.0 Å². The Balaban J connectivity index is 0.000000220. The Labute approximate surface area is 127 Å². The highest BCUT2D eigenvalue weighted by Crippen LogP contribution is 2.14. The molecule has 2 aromatic rings. The monoisotopic (exact) mass is 303 g/mol. The molecule has 0 spiro atoms. The molecule has 0 bridgehead atoms. The second-order valence-corrected chi connectivity index (χ2v) is 4.36. The van der Waals surface area contributed by atoms with Gasteiger partial charge in [-0.15, -0.1) is 0 Å². The van der Waals surface area contributed by atoms with Gasteiger partial charge < -0.3 is 20.7 Å². The lowest BCUT2D eigenvalue weighted by Crippen LogP contribution is -2.01. The van der Waals surface area contributed by atoms with Gasteiger partial charge in [-0.1, -0.05) is 6.07 Å². The summed E-state index contributed by atoms with van der Waals surface area (Å²) in [5.74, 6) is -1.20. The van der Waals surface area contributed by atoms with Crippen molar-refractivity contribution in [3.05, 3.63) is 59.2 Å². The molecule has 2 aromatic carbocycles. The predicted octanol–water partition coefficient (Wildman–Crippen LogP) is 2.67. The molecular weight excluding hydrogens is 286 g/mol. The van der Waals surface area contributed by atoms with Gasteiger partial charge >= 0.3 is 11.9 Å². The van der Waals surface area contributed by atoms with E-state index in [4.69, 9.17) is 20.7 Å². The van der Waals surface area contributed by atoms with Crippen molar-refractivity contribution in [2.75, 3.05) is 12.8 Å². The van der Waals surface area contributed by atoms with E-state index in [1.54, 1.807) is 31.2 Å². The van der Waals surface area contributed by atoms with Crippen LogP contribution in [-0.2, 0) is 0 Å². The minimum atomic E-state index is -0.935. The molecular formula is C16H17NO5. The van der Waals surface area contributed by atoms with Crippen molar-refractivity contribution in [3.63, 3.8) is 0 Å². The van der Waals surface area contributed by atoms with E-state index in [-0.39, 0.29) is 11.1 Å². The molecule has 4 N–H and O–H groups in total. The zero-order valence-electron chi connectivity index (χ0n) is 12.2. The molecule has 2 rings (SSSR count). The second kappa shape index (κ2) is 7.68. The molecule has 0 amide bonds. The number of benzene rings is 2. The van der Waals surface area contributed by atoms with Crippen LogP contribution in [0.25, 0.3) is 0 Å². The minimum Gasteiger partial charge on any atom is -0.497 e. The van der Waals surface area contributed by atoms with E-state index in [2.05, 4.69) is 0 Å². The van der Waals surface area contributed by atoms with Crippen LogP contribution in [0.1, 0.15) is 26.3 Å². The van der Waals surface area contributed by atoms with E-state index < -0.39 is 11.9 Å². The van der Waals surface area contributed by atoms with Gasteiger partial charge in [-0.25, -0.2) is 9.59 Å². The summed E-state index contributed by atoms with van der Waals surface area (Å²) in [5.41, 5.74) is 7.18. The molecule has 0 fully saturated rings. The van der Waals surface area contributed by atoms with Gasteiger partial charge in [0.1, 0.15) is 5.75 Å². The Kier molecular flexibility index (Phi) is 5.95. The zero-order valence-corrected chi connectivity index (χ0v) is 12.2. The standard InChI is InChI=1S/C8H9NO2.C8H8O3/c1-5-6(8(10)11)3-2-4-7(5)9;1-11-7-4-2-6(3-5-7)8(9)10/h2-4H,9H2,1H3,(H,10,11);2-5H,1H3,(H,9,10). The molecule has 0 heterocycles. The first kappa shape index (κ1) is 17.0. The highest BCUT2D eigenvalue weighted by molar-refractivity contribution is 5.90. The molecule has 6 heteroatoms. The quantitative estimate of drug-likeness (QED) is 0.752. The smallest absolute Gasteiger partial charge is 0.336 e. The van der Waals surface area contributed by atoms with Crippen LogP contribution in [-0.4, -0.2) is 29.3 Å². The van der Waals surface area contributed by atoms with Crippen LogP contribution in [0.3, 0.4) is 0 Å². The van der Waals surface area contributed by atoms with Crippen molar-refractivity contribution in [3.8, 4) is 5.75 Å². The van der Waals surface area contributed by atoms with E-state index in [1.807, 2.05) is 0 Å². The van der Waals surface area contributed by atoms with Crippen LogP contribution in [0.4, 0.5) is 5.69 Å². The number of carboxylic acid groups (broad SMARTS) is 2. The molecule has 0 aliphatic heterocycles. The average molecular weight is 303 g/mol. The molecule has 0 aliphatic rings. The number of carboxylic acids is 2. The third kappa shape index (κ3) is 4.52. The maximum Gasteiger partial charge on any atom is 0.336 e. The Morgan fingerprint density at radius 1 is 1.00 bits per heavy atom. The number of hydrogen-bond donors (Lipinski definition) is 3. The Hall–Kier alpha value is -3.02. The number of hydrogen-bond acceptors (Lipinski definition) is 4. The van der Waals surface area contributed by atoms with Crippen molar-refractivity contribution in [2.24, 2.45) is 0 Å². The van der Waals surface area contributed by atoms with Crippen molar-refractivity contribution < 1.29 is 24.5 Å². The lowest BCUT2D eigenvalue weighted by atomic mass is 10.1. The molecule has 0 radical (unpaired) electrons. The highest BCUT2D eigenvalue weighted by atomic mass is 16.5. The van der Waals surface area contributed by atoms with Crippen molar-refractivity contribution >= 4 is 17.6 Å². The number of methoxy groups -OCH3 is 1. The highest BCUT2D eigenvalue weighted by Gasteiger charge is 2.06. The zero-order chi connectivity index (χ0) is 16.7. The van der Waals surface area contributed by atoms with Gasteiger partial charge in [0.05, 0.1) is 18.2 Å². The van der Waals surface area contributed by atoms with Crippen LogP contribution in [0.15, 0.2) is 42.5 Å². The van der Waals surface area contributed by atoms with Crippen LogP contribution in [0, 0.1) is 6.92 Å². The number of rotatable bonds is 3. The van der Waals surface area contributed by atoms with Crippen molar-refractivity contribution in [1.29, 1.82) is 0 Å². The molecule has 0 aromatic heterocycles. The Morgan fingerprint density at radius 2 is 1.59 bits per heavy atom. The van der Waals surface area contributed by atoms with E-state index in [9.17, 15) is 9.59 Å². The number of nitrogen functional groups attached to an aromatic ring is 1. The molecule has 0 atom stereocenters. The van der Waals surface area contributed by atoms with Crippen molar-refractivity contribution in [2.45, 2.75) is 6.92 Å². The lowest BCUT2D eigenvalue weighted by Gasteiger charge is -2.02. The number of anilines is 1. The first-order valence-corrected chi connectivity index (χ1v) is 6.32. The fraction of sp³-hybridized carbons (Fsp3) is 0.125. The van der Waals surface area contributed by atoms with E-state index in [1.165, 1.54) is 25.3 Å². The molecule has 0 unspecified atom stereocenters. The molecule has 0 aliphatic carbocycles. The molecule has 22 heavy (non-hydrogen) atoms. The summed E-state index contributed by atoms with van der Waals surface area (Å²) < 4.78 is 4.86. The number of carbonyl (C=O) groups is 2. The van der Waals surface area contributed by atoms with Crippen LogP contribution in [0.5, 0.6) is 5.75 Å². The van der Waals surface area contributed by atoms with Gasteiger partial charge in [-0.05, 0) is 48.9 Å². The summed E-state index contributed by atoms with van der Waals surface area (Å²) in [6.07, 6.45) is 0. The van der Waals surface area contributed by atoms with Gasteiger partial charge in [-0.3, -0.25) is 0 Å². The summed E-state index contributed by atoms with van der Waals surface area (Å²) in [6.45, 7) is 1.69. The van der Waals surface area contributed by atoms with Gasteiger partial charge in [0.15, 0.2) is 0 Å². The third-order valence-corrected chi connectivity index (χ3v) is 2.94. The van der Waals surface area contributed by atoms with Crippen molar-refractivity contribution in [1.82, 2.24) is 0 Å². The Morgan fingerprint density at radius 3 is 2.00 bits per heavy atom. The summed E-state index contributed by atoms with van der Waals surface area (Å²) in [4.78, 5) is 20.9. The summed E-state index contributed by atoms with van der Waals surface area (Å²) in [5, 5.41) is 17.1. The van der Waals surface area contributed by atoms with Crippen LogP contribution in [0.2, 0.25) is 0 Å². The van der Waals surface area contributed by atoms with Crippen LogP contribution >= 0.6 is 0 Å². The van der Waals surface area contributed by atoms with Gasteiger partial charge in [0.2, 0.25) is 0 Å². The maximum atomic E-state index is 10.5. The van der Waals surface area contributed by atoms with E-state index >= 15 is 0 Å². The molecule has 0 saturated carbocycles. The molecule has 6 nitrogen and oxygen atoms in total. The number of aromatic carboxylic acids is 2. The normalized spacial score (nSPS) is 9.36. The van der Waals surface area contributed by atoms with Gasteiger partial charge in [-0.2, -0.15) is 0 Å². The summed E-state index contributed by atoms with van der Waals surface area (Å²) in [7, 11) is 1.54. The summed E-state index contributed by atoms with van der Waals surface area (Å²) >= 11 is 0. The first-order chi connectivity index (χ1) is 10.4. The fourth-order valence-corrected chi connectivity index (χ4v) is 1.62. The minimum absolute atomic E-state index is 0.269. The largest absolute Gasteiger partial charge is 0.497 e. The summed E-state index contributed by atoms with van der Waals surface area (Å²) in [6, 6.07) is 11.1. The number of nitrogens with two attached hydrogens (primary N) is 1. The lowest BCUT2D eigenvalue weighted by molar-refractivity contribution is 0.0685. The first-order valence-electron chi connectivity index (χ1n) is 6.32. The van der Waals surface area contributed by atoms with Crippen LogP contribution < -0.4 is 10.5 Å². The fourth-order valence-electron chi connectivity index (χ4n) is 1.62. The molecule has 0 saturated heterocycles. The van der Waals surface area contributed by atoms with E-state index in [0.717, 1.165) is 0 Å². The van der Waals surface area contributed by atoms with Gasteiger partial charge in [0.25, 0.3) is 0 Å². The maximum absolute atomic E-state index is 10.5. The molecule has 116 valence electrons. The second-order valence-electron chi connectivity index (χ2n) is 4.36. The van der Waals surface area contributed by atoms with Gasteiger partial charge in [0, 0.05) is 5.69 Å². The predicted molar refractivity (Wildman–Crippen MR) is 82.5 cm³/mol. The SMILES string of the molecule is COc1ccc(C(=O)O)cc1.Cc1c(N)cccc1C(=O)O. The third-order valence-electron chi connectivity index (χ3n) is 2.94. The average Bonchev–Trinajstić information content (AvgIpc) is 2.50. The Bertz CT molecular complexity index is 665. The number of ether oxygens (including phenoxy) is 1.